The topological polar surface area (TPSA) is 81.5 Å². The first-order valence-electron chi connectivity index (χ1n) is 5.66. The molecule has 1 aliphatic heterocycles. The molecule has 0 unspecified atom stereocenters. The van der Waals surface area contributed by atoms with Gasteiger partial charge in [0.05, 0.1) is 18.5 Å². The minimum Gasteiger partial charge on any atom is -0.469 e. The van der Waals surface area contributed by atoms with E-state index in [1.807, 2.05) is 6.07 Å². The Hall–Kier alpha value is -1.95. The number of carbonyl (C=O) groups is 1. The summed E-state index contributed by atoms with van der Waals surface area (Å²) in [5.41, 5.74) is 1.32. The van der Waals surface area contributed by atoms with E-state index in [9.17, 15) is 14.9 Å². The van der Waals surface area contributed by atoms with Crippen LogP contribution in [0.15, 0.2) is 18.2 Å². The van der Waals surface area contributed by atoms with E-state index in [-0.39, 0.29) is 12.1 Å². The number of methoxy groups -OCH3 is 1. The van der Waals surface area contributed by atoms with Crippen molar-refractivity contribution in [2.75, 3.05) is 20.2 Å². The van der Waals surface area contributed by atoms with Crippen LogP contribution in [0, 0.1) is 10.1 Å². The lowest BCUT2D eigenvalue weighted by atomic mass is 9.92. The number of hydrogen-bond acceptors (Lipinski definition) is 5. The number of ether oxygens (including phenoxy) is 1. The third kappa shape index (κ3) is 2.48. The van der Waals surface area contributed by atoms with Crippen LogP contribution in [0.1, 0.15) is 17.0 Å². The van der Waals surface area contributed by atoms with Gasteiger partial charge < -0.3 is 10.1 Å². The number of nitro groups is 1. The Labute approximate surface area is 104 Å². The highest BCUT2D eigenvalue weighted by Gasteiger charge is 2.23. The molecule has 0 spiro atoms. The highest BCUT2D eigenvalue weighted by Crippen LogP contribution is 2.27. The van der Waals surface area contributed by atoms with Crippen molar-refractivity contribution in [3.05, 3.63) is 39.4 Å². The van der Waals surface area contributed by atoms with Gasteiger partial charge in [-0.1, -0.05) is 12.1 Å². The van der Waals surface area contributed by atoms with Crippen molar-refractivity contribution in [2.24, 2.45) is 0 Å². The number of carbonyl (C=O) groups excluding carboxylic acids is 1. The monoisotopic (exact) mass is 250 g/mol. The van der Waals surface area contributed by atoms with Gasteiger partial charge in [-0.3, -0.25) is 14.9 Å². The molecule has 18 heavy (non-hydrogen) atoms. The summed E-state index contributed by atoms with van der Waals surface area (Å²) in [6.07, 6.45) is -0.0734. The molecule has 0 aliphatic carbocycles. The van der Waals surface area contributed by atoms with Gasteiger partial charge in [0, 0.05) is 30.6 Å². The predicted molar refractivity (Wildman–Crippen MR) is 64.4 cm³/mol. The van der Waals surface area contributed by atoms with Crippen molar-refractivity contribution in [1.29, 1.82) is 0 Å². The highest BCUT2D eigenvalue weighted by molar-refractivity contribution is 5.74. The van der Waals surface area contributed by atoms with Crippen LogP contribution in [0.2, 0.25) is 0 Å². The summed E-state index contributed by atoms with van der Waals surface area (Å²) in [6.45, 7) is 1.68. The molecule has 1 aliphatic rings. The van der Waals surface area contributed by atoms with Crippen molar-refractivity contribution in [1.82, 2.24) is 5.32 Å². The second-order valence-corrected chi connectivity index (χ2v) is 4.25. The molecule has 1 saturated heterocycles. The fraction of sp³-hybridized carbons (Fsp3) is 0.417. The van der Waals surface area contributed by atoms with Crippen molar-refractivity contribution in [3.63, 3.8) is 0 Å². The number of esters is 1. The van der Waals surface area contributed by atoms with Gasteiger partial charge in [0.1, 0.15) is 0 Å². The minimum absolute atomic E-state index is 0.00944. The van der Waals surface area contributed by atoms with E-state index < -0.39 is 10.9 Å². The van der Waals surface area contributed by atoms with Gasteiger partial charge in [0.15, 0.2) is 0 Å². The zero-order valence-corrected chi connectivity index (χ0v) is 10.0. The lowest BCUT2D eigenvalue weighted by Gasteiger charge is -2.27. The number of hydrogen-bond donors (Lipinski definition) is 1. The molecule has 2 rings (SSSR count). The zero-order valence-electron chi connectivity index (χ0n) is 10.0. The van der Waals surface area contributed by atoms with E-state index in [4.69, 9.17) is 0 Å². The molecule has 96 valence electrons. The third-order valence-electron chi connectivity index (χ3n) is 3.12. The van der Waals surface area contributed by atoms with E-state index in [1.54, 1.807) is 12.1 Å². The molecule has 1 N–H and O–H groups in total. The maximum absolute atomic E-state index is 11.2. The fourth-order valence-corrected chi connectivity index (χ4v) is 1.91. The van der Waals surface area contributed by atoms with Gasteiger partial charge in [0.2, 0.25) is 0 Å². The largest absolute Gasteiger partial charge is 0.469 e. The van der Waals surface area contributed by atoms with Crippen LogP contribution >= 0.6 is 0 Å². The average molecular weight is 250 g/mol. The van der Waals surface area contributed by atoms with Crippen LogP contribution in [0.25, 0.3) is 0 Å². The van der Waals surface area contributed by atoms with E-state index in [0.717, 1.165) is 18.7 Å². The smallest absolute Gasteiger partial charge is 0.310 e. The molecule has 0 saturated carbocycles. The number of rotatable bonds is 4. The first-order valence-corrected chi connectivity index (χ1v) is 5.66. The molecule has 6 nitrogen and oxygen atoms in total. The molecule has 0 aromatic heterocycles. The quantitative estimate of drug-likeness (QED) is 0.489. The van der Waals surface area contributed by atoms with E-state index in [1.165, 1.54) is 7.11 Å². The summed E-state index contributed by atoms with van der Waals surface area (Å²) in [6, 6.07) is 5.04. The molecule has 0 radical (unpaired) electrons. The Balaban J connectivity index is 2.28. The van der Waals surface area contributed by atoms with Crippen molar-refractivity contribution >= 4 is 11.7 Å². The molecular weight excluding hydrogens is 236 g/mol. The zero-order chi connectivity index (χ0) is 13.1. The minimum atomic E-state index is -0.476. The SMILES string of the molecule is COC(=O)Cc1ccc(C2CNC2)cc1[N+](=O)[O-]. The second-order valence-electron chi connectivity index (χ2n) is 4.25. The molecule has 1 fully saturated rings. The molecule has 0 amide bonds. The summed E-state index contributed by atoms with van der Waals surface area (Å²) in [7, 11) is 1.27. The first-order chi connectivity index (χ1) is 8.61. The van der Waals surface area contributed by atoms with Crippen LogP contribution in [0.3, 0.4) is 0 Å². The van der Waals surface area contributed by atoms with Gasteiger partial charge in [-0.05, 0) is 5.56 Å². The average Bonchev–Trinajstić information content (AvgIpc) is 2.28. The number of nitrogens with zero attached hydrogens (tertiary/aromatic N) is 1. The first kappa shape index (κ1) is 12.5. The Bertz CT molecular complexity index is 483. The maximum Gasteiger partial charge on any atom is 0.310 e. The number of benzene rings is 1. The van der Waals surface area contributed by atoms with Crippen molar-refractivity contribution < 1.29 is 14.5 Å². The number of nitrogens with one attached hydrogen (secondary N) is 1. The molecule has 1 aromatic rings. The Morgan fingerprint density at radius 2 is 2.28 bits per heavy atom. The third-order valence-corrected chi connectivity index (χ3v) is 3.12. The van der Waals surface area contributed by atoms with Crippen LogP contribution in [0.5, 0.6) is 0 Å². The van der Waals surface area contributed by atoms with Gasteiger partial charge in [-0.15, -0.1) is 0 Å². The lowest BCUT2D eigenvalue weighted by molar-refractivity contribution is -0.385. The standard InChI is InChI=1S/C12H14N2O4/c1-18-12(15)5-9-3-2-8(10-6-13-7-10)4-11(9)14(16)17/h2-4,10,13H,5-7H2,1H3. The van der Waals surface area contributed by atoms with Gasteiger partial charge in [-0.2, -0.15) is 0 Å². The van der Waals surface area contributed by atoms with Crippen LogP contribution in [-0.4, -0.2) is 31.1 Å². The van der Waals surface area contributed by atoms with Crippen LogP contribution in [0.4, 0.5) is 5.69 Å². The Morgan fingerprint density at radius 1 is 1.56 bits per heavy atom. The normalized spacial score (nSPS) is 14.9. The van der Waals surface area contributed by atoms with Crippen molar-refractivity contribution in [2.45, 2.75) is 12.3 Å². The molecule has 0 bridgehead atoms. The molecule has 0 atom stereocenters. The summed E-state index contributed by atoms with van der Waals surface area (Å²) in [5.74, 6) is -0.146. The summed E-state index contributed by atoms with van der Waals surface area (Å²) in [5, 5.41) is 14.1. The lowest BCUT2D eigenvalue weighted by Crippen LogP contribution is -2.39. The highest BCUT2D eigenvalue weighted by atomic mass is 16.6. The van der Waals surface area contributed by atoms with Crippen LogP contribution < -0.4 is 5.32 Å². The molecular formula is C12H14N2O4. The molecule has 6 heteroatoms. The Kier molecular flexibility index (Phi) is 3.57. The fourth-order valence-electron chi connectivity index (χ4n) is 1.91. The molecule has 1 heterocycles. The number of nitro benzene ring substituents is 1. The summed E-state index contributed by atoms with van der Waals surface area (Å²) in [4.78, 5) is 21.7. The predicted octanol–water partition coefficient (Wildman–Crippen LogP) is 0.997. The van der Waals surface area contributed by atoms with Gasteiger partial charge in [-0.25, -0.2) is 0 Å². The molecule has 1 aromatic carbocycles. The van der Waals surface area contributed by atoms with Gasteiger partial charge in [0.25, 0.3) is 5.69 Å². The van der Waals surface area contributed by atoms with E-state index >= 15 is 0 Å². The summed E-state index contributed by atoms with van der Waals surface area (Å²) >= 11 is 0. The van der Waals surface area contributed by atoms with Crippen molar-refractivity contribution in [3.8, 4) is 0 Å². The maximum atomic E-state index is 11.2. The Morgan fingerprint density at radius 3 is 2.78 bits per heavy atom. The van der Waals surface area contributed by atoms with E-state index in [0.29, 0.717) is 11.5 Å². The second kappa shape index (κ2) is 5.14. The van der Waals surface area contributed by atoms with E-state index in [2.05, 4.69) is 10.1 Å². The summed E-state index contributed by atoms with van der Waals surface area (Å²) < 4.78 is 4.53. The van der Waals surface area contributed by atoms with Crippen LogP contribution in [-0.2, 0) is 16.0 Å². The van der Waals surface area contributed by atoms with Gasteiger partial charge >= 0.3 is 5.97 Å².